The number of hydrogen-bond acceptors (Lipinski definition) is 5. The summed E-state index contributed by atoms with van der Waals surface area (Å²) in [7, 11) is 3.06. The molecule has 2 aromatic carbocycles. The molecule has 7 heteroatoms. The predicted octanol–water partition coefficient (Wildman–Crippen LogP) is 3.69. The van der Waals surface area contributed by atoms with E-state index in [0.29, 0.717) is 41.8 Å². The number of aryl methyl sites for hydroxylation is 3. The Balaban J connectivity index is 1.64. The number of nitrogens with one attached hydrogen (secondary N) is 1. The van der Waals surface area contributed by atoms with Crippen LogP contribution in [0.3, 0.4) is 0 Å². The average molecular weight is 424 g/mol. The fourth-order valence-corrected chi connectivity index (χ4v) is 3.67. The van der Waals surface area contributed by atoms with Gasteiger partial charge in [-0.15, -0.1) is 0 Å². The molecule has 1 N–H and O–H groups in total. The lowest BCUT2D eigenvalue weighted by atomic mass is 10.00. The molecule has 0 radical (unpaired) electrons. The Bertz CT molecular complexity index is 1150. The van der Waals surface area contributed by atoms with Crippen LogP contribution in [0, 0.1) is 13.8 Å². The maximum absolute atomic E-state index is 12.8. The number of ether oxygens (including phenoxy) is 2. The highest BCUT2D eigenvalue weighted by molar-refractivity contribution is 5.81. The minimum atomic E-state index is -0.171. The Morgan fingerprint density at radius 1 is 1.13 bits per heavy atom. The first-order chi connectivity index (χ1) is 14.8. The fourth-order valence-electron chi connectivity index (χ4n) is 3.67. The van der Waals surface area contributed by atoms with Crippen LogP contribution in [0.2, 0.25) is 0 Å². The molecular weight excluding hydrogens is 394 g/mol. The van der Waals surface area contributed by atoms with E-state index in [0.717, 1.165) is 11.1 Å². The van der Waals surface area contributed by atoms with E-state index in [9.17, 15) is 9.59 Å². The molecule has 164 valence electrons. The van der Waals surface area contributed by atoms with Gasteiger partial charge in [0.25, 0.3) is 5.56 Å². The Hall–Kier alpha value is -3.35. The molecule has 3 aromatic rings. The molecule has 1 amide bonds. The topological polar surface area (TPSA) is 82.5 Å². The van der Waals surface area contributed by atoms with Crippen LogP contribution < -0.4 is 20.3 Å². The SMILES string of the molecule is COc1cc2ncn(CCCC(=O)NC(C)c3cc(C)ccc3C)c(=O)c2cc1OC. The van der Waals surface area contributed by atoms with Crippen LogP contribution in [0.1, 0.15) is 42.5 Å². The third kappa shape index (κ3) is 5.05. The maximum atomic E-state index is 12.8. The summed E-state index contributed by atoms with van der Waals surface area (Å²) in [5.41, 5.74) is 3.81. The summed E-state index contributed by atoms with van der Waals surface area (Å²) in [5.74, 6) is 0.961. The van der Waals surface area contributed by atoms with E-state index < -0.39 is 0 Å². The first-order valence-corrected chi connectivity index (χ1v) is 10.3. The van der Waals surface area contributed by atoms with Gasteiger partial charge < -0.3 is 14.8 Å². The van der Waals surface area contributed by atoms with E-state index in [-0.39, 0.29) is 17.5 Å². The van der Waals surface area contributed by atoms with Gasteiger partial charge in [-0.05, 0) is 44.4 Å². The number of fused-ring (bicyclic) bond motifs is 1. The van der Waals surface area contributed by atoms with Crippen molar-refractivity contribution in [3.8, 4) is 11.5 Å². The Kier molecular flexibility index (Phi) is 6.95. The van der Waals surface area contributed by atoms with Gasteiger partial charge in [0.1, 0.15) is 0 Å². The third-order valence-corrected chi connectivity index (χ3v) is 5.41. The second-order valence-electron chi connectivity index (χ2n) is 7.72. The van der Waals surface area contributed by atoms with Crippen molar-refractivity contribution >= 4 is 16.8 Å². The highest BCUT2D eigenvalue weighted by Crippen LogP contribution is 2.29. The largest absolute Gasteiger partial charge is 0.493 e. The van der Waals surface area contributed by atoms with Crippen LogP contribution >= 0.6 is 0 Å². The van der Waals surface area contributed by atoms with Crippen molar-refractivity contribution in [2.45, 2.75) is 46.2 Å². The Morgan fingerprint density at radius 3 is 2.55 bits per heavy atom. The van der Waals surface area contributed by atoms with Crippen molar-refractivity contribution in [2.75, 3.05) is 14.2 Å². The number of nitrogens with zero attached hydrogens (tertiary/aromatic N) is 2. The minimum Gasteiger partial charge on any atom is -0.493 e. The van der Waals surface area contributed by atoms with Gasteiger partial charge in [-0.3, -0.25) is 14.2 Å². The predicted molar refractivity (Wildman–Crippen MR) is 121 cm³/mol. The molecule has 0 spiro atoms. The number of carbonyl (C=O) groups is 1. The van der Waals surface area contributed by atoms with Crippen molar-refractivity contribution in [2.24, 2.45) is 0 Å². The first-order valence-electron chi connectivity index (χ1n) is 10.3. The number of aromatic nitrogens is 2. The van der Waals surface area contributed by atoms with Gasteiger partial charge in [0, 0.05) is 19.0 Å². The summed E-state index contributed by atoms with van der Waals surface area (Å²) in [5, 5.41) is 3.50. The highest BCUT2D eigenvalue weighted by Gasteiger charge is 2.13. The van der Waals surface area contributed by atoms with Crippen molar-refractivity contribution in [1.29, 1.82) is 0 Å². The van der Waals surface area contributed by atoms with Crippen LogP contribution in [0.15, 0.2) is 41.5 Å². The zero-order chi connectivity index (χ0) is 22.5. The number of benzene rings is 2. The zero-order valence-corrected chi connectivity index (χ0v) is 18.7. The lowest BCUT2D eigenvalue weighted by Crippen LogP contribution is -2.28. The molecule has 31 heavy (non-hydrogen) atoms. The van der Waals surface area contributed by atoms with E-state index in [1.807, 2.05) is 20.8 Å². The molecule has 0 saturated heterocycles. The molecule has 0 aliphatic rings. The standard InChI is InChI=1S/C24H29N3O4/c1-15-8-9-16(2)18(11-15)17(3)26-23(28)7-6-10-27-14-25-20-13-22(31-5)21(30-4)12-19(20)24(27)29/h8-9,11-14,17H,6-7,10H2,1-5H3,(H,26,28). The second-order valence-corrected chi connectivity index (χ2v) is 7.72. The van der Waals surface area contributed by atoms with Gasteiger partial charge >= 0.3 is 0 Å². The maximum Gasteiger partial charge on any atom is 0.261 e. The van der Waals surface area contributed by atoms with E-state index >= 15 is 0 Å². The number of carbonyl (C=O) groups excluding carboxylic acids is 1. The van der Waals surface area contributed by atoms with E-state index in [1.54, 1.807) is 12.1 Å². The van der Waals surface area contributed by atoms with Crippen molar-refractivity contribution in [3.05, 3.63) is 63.7 Å². The summed E-state index contributed by atoms with van der Waals surface area (Å²) in [6.07, 6.45) is 2.37. The number of hydrogen-bond donors (Lipinski definition) is 1. The van der Waals surface area contributed by atoms with Gasteiger partial charge in [0.2, 0.25) is 5.91 Å². The molecule has 0 bridgehead atoms. The van der Waals surface area contributed by atoms with Crippen LogP contribution in [0.25, 0.3) is 10.9 Å². The van der Waals surface area contributed by atoms with Gasteiger partial charge in [0.15, 0.2) is 11.5 Å². The second kappa shape index (κ2) is 9.64. The lowest BCUT2D eigenvalue weighted by Gasteiger charge is -2.17. The molecule has 1 atom stereocenters. The summed E-state index contributed by atoms with van der Waals surface area (Å²) >= 11 is 0. The molecule has 0 saturated carbocycles. The van der Waals surface area contributed by atoms with Crippen LogP contribution in [-0.4, -0.2) is 29.7 Å². The molecule has 3 rings (SSSR count). The average Bonchev–Trinajstić information content (AvgIpc) is 2.76. The number of amides is 1. The summed E-state index contributed by atoms with van der Waals surface area (Å²) in [6, 6.07) is 9.48. The first kappa shape index (κ1) is 22.3. The van der Waals surface area contributed by atoms with Gasteiger partial charge in [-0.25, -0.2) is 4.98 Å². The Morgan fingerprint density at radius 2 is 1.84 bits per heavy atom. The zero-order valence-electron chi connectivity index (χ0n) is 18.7. The van der Waals surface area contributed by atoms with Crippen molar-refractivity contribution < 1.29 is 14.3 Å². The van der Waals surface area contributed by atoms with Crippen molar-refractivity contribution in [1.82, 2.24) is 14.9 Å². The van der Waals surface area contributed by atoms with Crippen LogP contribution in [0.4, 0.5) is 0 Å². The molecular formula is C24H29N3O4. The smallest absolute Gasteiger partial charge is 0.261 e. The molecule has 1 unspecified atom stereocenters. The highest BCUT2D eigenvalue weighted by atomic mass is 16.5. The summed E-state index contributed by atoms with van der Waals surface area (Å²) in [4.78, 5) is 29.6. The molecule has 1 aromatic heterocycles. The van der Waals surface area contributed by atoms with E-state index in [4.69, 9.17) is 9.47 Å². The molecule has 0 aliphatic heterocycles. The van der Waals surface area contributed by atoms with Gasteiger partial charge in [-0.2, -0.15) is 0 Å². The van der Waals surface area contributed by atoms with E-state index in [2.05, 4.69) is 28.5 Å². The minimum absolute atomic E-state index is 0.0402. The van der Waals surface area contributed by atoms with Crippen molar-refractivity contribution in [3.63, 3.8) is 0 Å². The third-order valence-electron chi connectivity index (χ3n) is 5.41. The monoisotopic (exact) mass is 423 g/mol. The Labute approximate surface area is 182 Å². The fraction of sp³-hybridized carbons (Fsp3) is 0.375. The van der Waals surface area contributed by atoms with E-state index in [1.165, 1.54) is 30.7 Å². The number of rotatable bonds is 8. The molecule has 0 fully saturated rings. The lowest BCUT2D eigenvalue weighted by molar-refractivity contribution is -0.121. The summed E-state index contributed by atoms with van der Waals surface area (Å²) in [6.45, 7) is 6.47. The molecule has 0 aliphatic carbocycles. The quantitative estimate of drug-likeness (QED) is 0.598. The summed E-state index contributed by atoms with van der Waals surface area (Å²) < 4.78 is 12.1. The van der Waals surface area contributed by atoms with Gasteiger partial charge in [0.05, 0.1) is 37.5 Å². The molecule has 7 nitrogen and oxygen atoms in total. The number of methoxy groups -OCH3 is 2. The van der Waals surface area contributed by atoms with Gasteiger partial charge in [-0.1, -0.05) is 23.8 Å². The molecule has 1 heterocycles. The van der Waals surface area contributed by atoms with Crippen LogP contribution in [-0.2, 0) is 11.3 Å². The normalized spacial score (nSPS) is 11.9. The van der Waals surface area contributed by atoms with Crippen LogP contribution in [0.5, 0.6) is 11.5 Å².